The fraction of sp³-hybridized carbons (Fsp3) is 0. The Morgan fingerprint density at radius 1 is 0.190 bits per heavy atom. The largest absolute Gasteiger partial charge is 0.253 e. The molecule has 0 aromatic carbocycles. The van der Waals surface area contributed by atoms with Gasteiger partial charge in [0.2, 0.25) is 0 Å². The van der Waals surface area contributed by atoms with Gasteiger partial charge in [0.1, 0.15) is 0 Å². The van der Waals surface area contributed by atoms with Crippen LogP contribution in [-0.4, -0.2) is 291 Å². The van der Waals surface area contributed by atoms with Gasteiger partial charge in [-0.05, 0) is 0 Å². The lowest BCUT2D eigenvalue weighted by Crippen LogP contribution is -2.81. The van der Waals surface area contributed by atoms with Gasteiger partial charge in [-0.25, -0.2) is 0 Å². The highest BCUT2D eigenvalue weighted by atomic mass is 31.1. The Morgan fingerprint density at radius 2 is 0.333 bits per heavy atom. The summed E-state index contributed by atoms with van der Waals surface area (Å²) in [4.78, 5) is 0. The lowest BCUT2D eigenvalue weighted by molar-refractivity contribution is 3.32. The Bertz CT molecular complexity index is 570. The van der Waals surface area contributed by atoms with Gasteiger partial charge in [-0.2, -0.15) is 0 Å². The molecule has 42 heteroatoms. The van der Waals surface area contributed by atoms with Crippen LogP contribution >= 0.6 is 7.56 Å². The first-order chi connectivity index (χ1) is 19.0. The van der Waals surface area contributed by atoms with Gasteiger partial charge in [0.15, 0.2) is 0 Å². The van der Waals surface area contributed by atoms with Crippen molar-refractivity contribution in [3.63, 3.8) is 0 Å². The summed E-state index contributed by atoms with van der Waals surface area (Å²) in [7, 11) is 136. The lowest BCUT2D eigenvalue weighted by atomic mass is 8.51. The van der Waals surface area contributed by atoms with Crippen molar-refractivity contribution >= 4 is 299 Å². The van der Waals surface area contributed by atoms with E-state index in [2.05, 4.69) is 0 Å². The fourth-order valence-corrected chi connectivity index (χ4v) is 11.7. The Kier molecular flexibility index (Phi) is 22.1. The van der Waals surface area contributed by atoms with E-state index in [1.165, 1.54) is 0 Å². The van der Waals surface area contributed by atoms with E-state index < -0.39 is 128 Å². The summed E-state index contributed by atoms with van der Waals surface area (Å²) in [6, 6.07) is 0. The van der Waals surface area contributed by atoms with Crippen LogP contribution in [0.3, 0.4) is 0 Å². The van der Waals surface area contributed by atoms with Crippen molar-refractivity contribution in [2.24, 2.45) is 0 Å². The highest BCUT2D eigenvalue weighted by Crippen LogP contribution is 2.50. The molecule has 0 N–H and O–H groups in total. The fourth-order valence-electron chi connectivity index (χ4n) is 6.12. The van der Waals surface area contributed by atoms with Crippen molar-refractivity contribution in [3.05, 3.63) is 0 Å². The molecule has 44 radical (unpaired) electrons. The first kappa shape index (κ1) is 45.1. The van der Waals surface area contributed by atoms with Gasteiger partial charge in [-0.3, -0.25) is 7.56 Å². The van der Waals surface area contributed by atoms with Crippen molar-refractivity contribution in [3.8, 4) is 0 Å². The summed E-state index contributed by atoms with van der Waals surface area (Å²) in [5, 5.41) is 0. The van der Waals surface area contributed by atoms with Crippen LogP contribution in [0.25, 0.3) is 0 Å². The molecule has 0 aromatic heterocycles. The van der Waals surface area contributed by atoms with Crippen LogP contribution in [0.5, 0.6) is 0 Å². The van der Waals surface area contributed by atoms with Gasteiger partial charge in [-0.15, -0.1) is 0 Å². The minimum Gasteiger partial charge on any atom is -0.253 e. The van der Waals surface area contributed by atoms with E-state index in [-0.39, 0.29) is 0 Å². The molecule has 0 saturated heterocycles. The Hall–Kier alpha value is 3.09. The van der Waals surface area contributed by atoms with E-state index in [1.54, 1.807) is 0 Å². The third-order valence-electron chi connectivity index (χ3n) is 7.84. The normalized spacial score (nSPS) is 9.83. The third kappa shape index (κ3) is 12.2. The minimum atomic E-state index is -2.16. The molecule has 0 rings (SSSR count). The first-order valence-electron chi connectivity index (χ1n) is 13.4. The van der Waals surface area contributed by atoms with Gasteiger partial charge >= 0.3 is 0 Å². The third-order valence-corrected chi connectivity index (χ3v) is 12.0. The van der Waals surface area contributed by atoms with Gasteiger partial charge < -0.3 is 0 Å². The molecule has 0 fully saturated rings. The highest BCUT2D eigenvalue weighted by molar-refractivity contribution is 8.60. The van der Waals surface area contributed by atoms with E-state index in [1.807, 2.05) is 0 Å². The van der Waals surface area contributed by atoms with Crippen LogP contribution in [0.4, 0.5) is 0 Å². The predicted octanol–water partition coefficient (Wildman–Crippen LogP) is -14.8. The average Bonchev–Trinajstić information content (AvgIpc) is 2.75. The standard InChI is InChI=1S/B41P/c1-23(2)34(24(3)4)39(33(21)22)42(40(35(25(5)6)26(7)8)36(27(9)10)28(11)12)41(37(29(13)14)30(15)16)38(31(17)18)32(19)20. The Morgan fingerprint density at radius 3 is 0.452 bits per heavy atom. The lowest BCUT2D eigenvalue weighted by Gasteiger charge is -2.57. The number of hydrogen-bond donors (Lipinski definition) is 0. The summed E-state index contributed by atoms with van der Waals surface area (Å²) in [6.07, 6.45) is -21.8. The van der Waals surface area contributed by atoms with Crippen LogP contribution in [-0.2, 0) is 0 Å². The number of hydrogen-bond acceptors (Lipinski definition) is 0. The SMILES string of the molecule is [B]B([B])B(B([B])[B])B(B([B])[B])P(B(B(B([B])[B])B([B])[B])B(B([B])[B])B([B])[B])B(B(B([B])[B])B([B])[B])B(B([B])[B])B([B])[B]. The van der Waals surface area contributed by atoms with E-state index in [9.17, 15) is 0 Å². The molecule has 0 atom stereocenters. The van der Waals surface area contributed by atoms with Crippen LogP contribution in [0.2, 0.25) is 0 Å². The predicted molar refractivity (Wildman–Crippen MR) is 243 cm³/mol. The van der Waals surface area contributed by atoms with E-state index in [0.29, 0.717) is 0 Å². The van der Waals surface area contributed by atoms with Gasteiger partial charge in [0.05, 0.1) is 18.6 Å². The van der Waals surface area contributed by atoms with Crippen LogP contribution in [0.15, 0.2) is 0 Å². The smallest absolute Gasteiger partial charge is 0.0527 e. The van der Waals surface area contributed by atoms with Gasteiger partial charge in [0, 0.05) is 272 Å². The molecule has 0 nitrogen and oxygen atoms in total. The molecule has 0 aliphatic carbocycles. The Balaban J connectivity index is 8.59. The molecule has 0 aliphatic heterocycles. The van der Waals surface area contributed by atoms with Gasteiger partial charge in [0.25, 0.3) is 0 Å². The van der Waals surface area contributed by atoms with Crippen molar-refractivity contribution in [2.75, 3.05) is 0 Å². The molecule has 128 valence electrons. The summed E-state index contributed by atoms with van der Waals surface area (Å²) >= 11 is 0. The van der Waals surface area contributed by atoms with E-state index in [4.69, 9.17) is 170 Å². The molecule has 0 bridgehead atoms. The summed E-state index contributed by atoms with van der Waals surface area (Å²) in [6.45, 7) is 0. The van der Waals surface area contributed by atoms with Crippen molar-refractivity contribution in [1.82, 2.24) is 0 Å². The van der Waals surface area contributed by atoms with Gasteiger partial charge in [-0.1, -0.05) is 0 Å². The maximum Gasteiger partial charge on any atom is 0.0527 e. The molecular formula is B41P. The molecular weight excluding hydrogens is 474 g/mol. The topological polar surface area (TPSA) is 0 Å². The first-order valence-corrected chi connectivity index (χ1v) is 15.0. The zero-order valence-corrected chi connectivity index (χ0v) is 25.0. The molecule has 0 aliphatic rings. The van der Waals surface area contributed by atoms with Crippen molar-refractivity contribution in [1.29, 1.82) is 0 Å². The number of rotatable bonds is 19. The van der Waals surface area contributed by atoms with Crippen LogP contribution < -0.4 is 0 Å². The molecule has 0 spiro atoms. The molecule has 0 aromatic rings. The summed E-state index contributed by atoms with van der Waals surface area (Å²) in [5.74, 6) is 0. The second-order valence-corrected chi connectivity index (χ2v) is 13.8. The second kappa shape index (κ2) is 20.6. The van der Waals surface area contributed by atoms with Crippen molar-refractivity contribution < 1.29 is 0 Å². The highest BCUT2D eigenvalue weighted by Gasteiger charge is 2.56. The molecule has 0 amide bonds. The van der Waals surface area contributed by atoms with E-state index in [0.717, 1.165) is 0 Å². The van der Waals surface area contributed by atoms with Crippen LogP contribution in [0.1, 0.15) is 0 Å². The maximum absolute atomic E-state index is 6.47. The molecule has 0 unspecified atom stereocenters. The molecule has 42 heavy (non-hydrogen) atoms. The van der Waals surface area contributed by atoms with Crippen LogP contribution in [0, 0.1) is 0 Å². The average molecular weight is 474 g/mol. The van der Waals surface area contributed by atoms with Crippen molar-refractivity contribution in [2.45, 2.75) is 0 Å². The molecule has 0 heterocycles. The minimum absolute atomic E-state index is 1.03. The zero-order chi connectivity index (χ0) is 33.5. The monoisotopic (exact) mass is 482 g/mol. The zero-order valence-electron chi connectivity index (χ0n) is 24.1. The van der Waals surface area contributed by atoms with E-state index >= 15 is 0 Å². The maximum atomic E-state index is 6.47. The summed E-state index contributed by atoms with van der Waals surface area (Å²) in [5.41, 5.74) is 0. The quantitative estimate of drug-likeness (QED) is 0.129. The molecule has 0 saturated carbocycles. The summed E-state index contributed by atoms with van der Waals surface area (Å²) < 4.78 is 0. The second-order valence-electron chi connectivity index (χ2n) is 11.2. The Labute approximate surface area is 296 Å².